The number of carbonyl (C=O) groups excluding carboxylic acids is 1. The van der Waals surface area contributed by atoms with Crippen molar-refractivity contribution >= 4 is 5.91 Å². The van der Waals surface area contributed by atoms with E-state index in [0.717, 1.165) is 31.4 Å². The molecule has 0 radical (unpaired) electrons. The van der Waals surface area contributed by atoms with E-state index in [-0.39, 0.29) is 23.4 Å². The number of nitrogens with one attached hydrogen (secondary N) is 1. The molecule has 3 N–H and O–H groups in total. The molecule has 118 valence electrons. The monoisotopic (exact) mass is 302 g/mol. The van der Waals surface area contributed by atoms with Crippen LogP contribution in [0.4, 0.5) is 0 Å². The lowest BCUT2D eigenvalue weighted by atomic mass is 9.50. The predicted molar refractivity (Wildman–Crippen MR) is 82.2 cm³/mol. The topological polar surface area (TPSA) is 73.6 Å². The molecule has 1 heterocycles. The Labute approximate surface area is 130 Å². The van der Waals surface area contributed by atoms with E-state index in [1.165, 1.54) is 6.42 Å². The minimum absolute atomic E-state index is 0.0428. The summed E-state index contributed by atoms with van der Waals surface area (Å²) < 4.78 is 11.2. The van der Waals surface area contributed by atoms with Gasteiger partial charge in [-0.15, -0.1) is 0 Å². The Bertz CT molecular complexity index is 598. The van der Waals surface area contributed by atoms with Gasteiger partial charge >= 0.3 is 0 Å². The van der Waals surface area contributed by atoms with Gasteiger partial charge in [-0.2, -0.15) is 0 Å². The standard InChI is InChI=1S/C17H22N2O3/c18-14-10-15(17(14)5-1-6-17)19-16(20)11-3-4-12-13(9-11)22-8-2-7-21-12/h3-4,9,14-15H,1-2,5-8,10,18H2,(H,19,20). The molecule has 1 amide bonds. The molecule has 2 atom stereocenters. The molecule has 1 aromatic rings. The van der Waals surface area contributed by atoms with Crippen LogP contribution in [0.2, 0.25) is 0 Å². The Morgan fingerprint density at radius 1 is 1.18 bits per heavy atom. The number of ether oxygens (including phenoxy) is 2. The van der Waals surface area contributed by atoms with E-state index in [2.05, 4.69) is 5.32 Å². The number of rotatable bonds is 2. The van der Waals surface area contributed by atoms with E-state index in [4.69, 9.17) is 15.2 Å². The highest BCUT2D eigenvalue weighted by atomic mass is 16.5. The zero-order valence-corrected chi connectivity index (χ0v) is 12.6. The lowest BCUT2D eigenvalue weighted by Crippen LogP contribution is -2.69. The third-order valence-electron chi connectivity index (χ3n) is 5.52. The lowest BCUT2D eigenvalue weighted by molar-refractivity contribution is -0.0389. The molecule has 0 saturated heterocycles. The van der Waals surface area contributed by atoms with Crippen LogP contribution in [0.5, 0.6) is 11.5 Å². The van der Waals surface area contributed by atoms with Crippen LogP contribution < -0.4 is 20.5 Å². The first-order valence-corrected chi connectivity index (χ1v) is 8.15. The van der Waals surface area contributed by atoms with E-state index >= 15 is 0 Å². The van der Waals surface area contributed by atoms with E-state index in [0.29, 0.717) is 24.5 Å². The molecule has 0 bridgehead atoms. The van der Waals surface area contributed by atoms with Crippen molar-refractivity contribution in [1.29, 1.82) is 0 Å². The SMILES string of the molecule is NC1CC(NC(=O)c2ccc3c(c2)OCCCO3)C12CCC2. The zero-order chi connectivity index (χ0) is 15.2. The summed E-state index contributed by atoms with van der Waals surface area (Å²) in [7, 11) is 0. The highest BCUT2D eigenvalue weighted by Crippen LogP contribution is 2.55. The largest absolute Gasteiger partial charge is 0.490 e. The van der Waals surface area contributed by atoms with Gasteiger partial charge in [0.05, 0.1) is 13.2 Å². The van der Waals surface area contributed by atoms with Gasteiger partial charge in [-0.25, -0.2) is 0 Å². The first-order valence-electron chi connectivity index (χ1n) is 8.15. The van der Waals surface area contributed by atoms with Gasteiger partial charge in [-0.3, -0.25) is 4.79 Å². The average molecular weight is 302 g/mol. The van der Waals surface area contributed by atoms with Crippen LogP contribution in [0.3, 0.4) is 0 Å². The summed E-state index contributed by atoms with van der Waals surface area (Å²) in [5.74, 6) is 1.34. The van der Waals surface area contributed by atoms with Gasteiger partial charge in [0.15, 0.2) is 11.5 Å². The maximum absolute atomic E-state index is 12.5. The molecule has 4 rings (SSSR count). The summed E-state index contributed by atoms with van der Waals surface area (Å²) in [5.41, 5.74) is 6.94. The van der Waals surface area contributed by atoms with E-state index in [1.807, 2.05) is 6.07 Å². The van der Waals surface area contributed by atoms with Crippen LogP contribution in [0.25, 0.3) is 0 Å². The molecule has 5 nitrogen and oxygen atoms in total. The van der Waals surface area contributed by atoms with Crippen LogP contribution in [0.15, 0.2) is 18.2 Å². The molecule has 3 aliphatic rings. The molecule has 22 heavy (non-hydrogen) atoms. The first-order chi connectivity index (χ1) is 10.7. The number of hydrogen-bond acceptors (Lipinski definition) is 4. The third kappa shape index (κ3) is 2.07. The summed E-state index contributed by atoms with van der Waals surface area (Å²) in [4.78, 5) is 12.5. The second kappa shape index (κ2) is 5.16. The highest BCUT2D eigenvalue weighted by molar-refractivity contribution is 5.95. The molecule has 1 aliphatic heterocycles. The third-order valence-corrected chi connectivity index (χ3v) is 5.52. The molecule has 1 spiro atoms. The van der Waals surface area contributed by atoms with Crippen LogP contribution in [-0.2, 0) is 0 Å². The van der Waals surface area contributed by atoms with Gasteiger partial charge in [0.1, 0.15) is 0 Å². The number of fused-ring (bicyclic) bond motifs is 1. The molecular formula is C17H22N2O3. The number of nitrogens with two attached hydrogens (primary N) is 1. The minimum atomic E-state index is -0.0428. The van der Waals surface area contributed by atoms with Crippen molar-refractivity contribution in [2.75, 3.05) is 13.2 Å². The normalized spacial score (nSPS) is 28.2. The Morgan fingerprint density at radius 3 is 2.64 bits per heavy atom. The molecule has 5 heteroatoms. The van der Waals surface area contributed by atoms with E-state index in [1.54, 1.807) is 12.1 Å². The fourth-order valence-corrected chi connectivity index (χ4v) is 3.87. The predicted octanol–water partition coefficient (Wildman–Crippen LogP) is 1.85. The van der Waals surface area contributed by atoms with Crippen LogP contribution in [0.1, 0.15) is 42.5 Å². The van der Waals surface area contributed by atoms with Crippen molar-refractivity contribution in [3.8, 4) is 11.5 Å². The second-order valence-electron chi connectivity index (χ2n) is 6.67. The van der Waals surface area contributed by atoms with Crippen molar-refractivity contribution < 1.29 is 14.3 Å². The Morgan fingerprint density at radius 2 is 1.95 bits per heavy atom. The van der Waals surface area contributed by atoms with E-state index < -0.39 is 0 Å². The maximum atomic E-state index is 12.5. The smallest absolute Gasteiger partial charge is 0.251 e. The van der Waals surface area contributed by atoms with Crippen LogP contribution in [0, 0.1) is 5.41 Å². The number of amides is 1. The highest BCUT2D eigenvalue weighted by Gasteiger charge is 2.57. The lowest BCUT2D eigenvalue weighted by Gasteiger charge is -2.60. The fourth-order valence-electron chi connectivity index (χ4n) is 3.87. The molecule has 1 aromatic carbocycles. The van der Waals surface area contributed by atoms with Crippen LogP contribution >= 0.6 is 0 Å². The summed E-state index contributed by atoms with van der Waals surface area (Å²) in [6.07, 6.45) is 5.25. The zero-order valence-electron chi connectivity index (χ0n) is 12.6. The molecule has 0 aromatic heterocycles. The minimum Gasteiger partial charge on any atom is -0.490 e. The summed E-state index contributed by atoms with van der Waals surface area (Å²) >= 11 is 0. The summed E-state index contributed by atoms with van der Waals surface area (Å²) in [6.45, 7) is 1.28. The average Bonchev–Trinajstić information content (AvgIpc) is 2.69. The van der Waals surface area contributed by atoms with Crippen molar-refractivity contribution in [2.24, 2.45) is 11.1 Å². The number of benzene rings is 1. The fraction of sp³-hybridized carbons (Fsp3) is 0.588. The Hall–Kier alpha value is -1.75. The van der Waals surface area contributed by atoms with Gasteiger partial charge in [0, 0.05) is 29.5 Å². The van der Waals surface area contributed by atoms with E-state index in [9.17, 15) is 4.79 Å². The van der Waals surface area contributed by atoms with Crippen molar-refractivity contribution in [1.82, 2.24) is 5.32 Å². The Balaban J connectivity index is 1.48. The van der Waals surface area contributed by atoms with Crippen molar-refractivity contribution in [2.45, 2.75) is 44.2 Å². The molecule has 2 unspecified atom stereocenters. The number of carbonyl (C=O) groups is 1. The van der Waals surface area contributed by atoms with Gasteiger partial charge in [0.2, 0.25) is 0 Å². The summed E-state index contributed by atoms with van der Waals surface area (Å²) in [6, 6.07) is 5.87. The number of hydrogen-bond donors (Lipinski definition) is 2. The quantitative estimate of drug-likeness (QED) is 0.874. The van der Waals surface area contributed by atoms with Crippen molar-refractivity contribution in [3.05, 3.63) is 23.8 Å². The first kappa shape index (κ1) is 13.9. The van der Waals surface area contributed by atoms with Gasteiger partial charge in [0.25, 0.3) is 5.91 Å². The van der Waals surface area contributed by atoms with Gasteiger partial charge in [-0.1, -0.05) is 6.42 Å². The molecule has 2 saturated carbocycles. The summed E-state index contributed by atoms with van der Waals surface area (Å²) in [5, 5.41) is 3.16. The second-order valence-corrected chi connectivity index (χ2v) is 6.67. The van der Waals surface area contributed by atoms with Crippen LogP contribution in [-0.4, -0.2) is 31.2 Å². The molecular weight excluding hydrogens is 280 g/mol. The van der Waals surface area contributed by atoms with Gasteiger partial charge in [-0.05, 0) is 37.5 Å². The molecule has 2 aliphatic carbocycles. The van der Waals surface area contributed by atoms with Gasteiger partial charge < -0.3 is 20.5 Å². The maximum Gasteiger partial charge on any atom is 0.251 e. The molecule has 2 fully saturated rings. The Kier molecular flexibility index (Phi) is 3.26. The van der Waals surface area contributed by atoms with Crippen molar-refractivity contribution in [3.63, 3.8) is 0 Å².